The van der Waals surface area contributed by atoms with Crippen LogP contribution in [0, 0.1) is 5.92 Å². The van der Waals surface area contributed by atoms with E-state index in [1.54, 1.807) is 24.3 Å². The number of para-hydroxylation sites is 2. The molecule has 0 aromatic heterocycles. The number of amides is 2. The lowest BCUT2D eigenvalue weighted by atomic mass is 9.97. The van der Waals surface area contributed by atoms with Gasteiger partial charge < -0.3 is 20.1 Å². The molecule has 0 unspecified atom stereocenters. The maximum absolute atomic E-state index is 12.8. The summed E-state index contributed by atoms with van der Waals surface area (Å²) in [6.07, 6.45) is 0.491. The predicted molar refractivity (Wildman–Crippen MR) is 107 cm³/mol. The highest BCUT2D eigenvalue weighted by Crippen LogP contribution is 2.30. The number of fused-ring (bicyclic) bond motifs is 1. The van der Waals surface area contributed by atoms with E-state index in [1.807, 2.05) is 44.2 Å². The molecule has 28 heavy (non-hydrogen) atoms. The number of nitrogens with one attached hydrogen (secondary N) is 2. The number of rotatable bonds is 7. The fourth-order valence-corrected chi connectivity index (χ4v) is 3.00. The number of hydrogen-bond acceptors (Lipinski definition) is 4. The summed E-state index contributed by atoms with van der Waals surface area (Å²) >= 11 is 0. The van der Waals surface area contributed by atoms with E-state index in [0.29, 0.717) is 30.2 Å². The Balaban J connectivity index is 1.58. The minimum Gasteiger partial charge on any atom is -0.486 e. The molecule has 0 saturated carbocycles. The third-order valence-electron chi connectivity index (χ3n) is 4.89. The van der Waals surface area contributed by atoms with Crippen molar-refractivity contribution in [2.75, 3.05) is 13.2 Å². The van der Waals surface area contributed by atoms with Crippen LogP contribution in [0.1, 0.15) is 30.6 Å². The predicted octanol–water partition coefficient (Wildman–Crippen LogP) is 2.79. The molecule has 148 valence electrons. The molecule has 3 rings (SSSR count). The van der Waals surface area contributed by atoms with E-state index in [-0.39, 0.29) is 23.8 Å². The molecule has 1 aliphatic rings. The number of carbonyl (C=O) groups excluding carboxylic acids is 2. The summed E-state index contributed by atoms with van der Waals surface area (Å²) in [4.78, 5) is 25.3. The Morgan fingerprint density at radius 2 is 1.75 bits per heavy atom. The van der Waals surface area contributed by atoms with Gasteiger partial charge in [0.25, 0.3) is 5.91 Å². The maximum atomic E-state index is 12.8. The van der Waals surface area contributed by atoms with Crippen LogP contribution in [0.3, 0.4) is 0 Å². The van der Waals surface area contributed by atoms with Crippen LogP contribution in [0.2, 0.25) is 0 Å². The summed E-state index contributed by atoms with van der Waals surface area (Å²) in [6.45, 7) is 4.61. The van der Waals surface area contributed by atoms with Crippen LogP contribution in [0.4, 0.5) is 0 Å². The van der Waals surface area contributed by atoms with Crippen molar-refractivity contribution in [3.05, 3.63) is 60.2 Å². The number of ether oxygens (including phenoxy) is 2. The SMILES string of the molecule is CC[C@H](C)[C@H](NC(=O)c1ccccc1)C(=O)NC[C@@H]1COc2ccccc2O1. The second kappa shape index (κ2) is 9.26. The summed E-state index contributed by atoms with van der Waals surface area (Å²) in [5, 5.41) is 5.76. The van der Waals surface area contributed by atoms with E-state index >= 15 is 0 Å². The zero-order valence-electron chi connectivity index (χ0n) is 16.2. The lowest BCUT2D eigenvalue weighted by Gasteiger charge is -2.28. The largest absolute Gasteiger partial charge is 0.486 e. The Kier molecular flexibility index (Phi) is 6.53. The zero-order chi connectivity index (χ0) is 19.9. The van der Waals surface area contributed by atoms with E-state index in [2.05, 4.69) is 10.6 Å². The fourth-order valence-electron chi connectivity index (χ4n) is 3.00. The van der Waals surface area contributed by atoms with E-state index < -0.39 is 6.04 Å². The molecule has 6 heteroatoms. The molecule has 6 nitrogen and oxygen atoms in total. The monoisotopic (exact) mass is 382 g/mol. The molecule has 0 spiro atoms. The number of hydrogen-bond donors (Lipinski definition) is 2. The summed E-state index contributed by atoms with van der Waals surface area (Å²) in [5.74, 6) is 0.895. The highest BCUT2D eigenvalue weighted by molar-refractivity contribution is 5.97. The molecule has 1 heterocycles. The number of benzene rings is 2. The van der Waals surface area contributed by atoms with Crippen molar-refractivity contribution in [1.29, 1.82) is 0 Å². The Morgan fingerprint density at radius 3 is 2.46 bits per heavy atom. The fraction of sp³-hybridized carbons (Fsp3) is 0.364. The molecule has 0 bridgehead atoms. The standard InChI is InChI=1S/C22H26N2O4/c1-3-15(2)20(24-21(25)16-9-5-4-6-10-16)22(26)23-13-17-14-27-18-11-7-8-12-19(18)28-17/h4-12,15,17,20H,3,13-14H2,1-2H3,(H,23,26)(H,24,25)/t15-,17+,20-/m0/s1. The molecule has 3 atom stereocenters. The van der Waals surface area contributed by atoms with Gasteiger partial charge in [0.2, 0.25) is 5.91 Å². The van der Waals surface area contributed by atoms with Crippen LogP contribution in [0.5, 0.6) is 11.5 Å². The maximum Gasteiger partial charge on any atom is 0.251 e. The van der Waals surface area contributed by atoms with Crippen molar-refractivity contribution in [2.24, 2.45) is 5.92 Å². The van der Waals surface area contributed by atoms with Gasteiger partial charge in [0.05, 0.1) is 6.54 Å². The van der Waals surface area contributed by atoms with Crippen molar-refractivity contribution in [3.63, 3.8) is 0 Å². The quantitative estimate of drug-likeness (QED) is 0.772. The molecule has 1 aliphatic heterocycles. The molecule has 2 aromatic rings. The normalized spacial score (nSPS) is 17.3. The van der Waals surface area contributed by atoms with Gasteiger partial charge in [-0.2, -0.15) is 0 Å². The average Bonchev–Trinajstić information content (AvgIpc) is 2.75. The van der Waals surface area contributed by atoms with Crippen molar-refractivity contribution >= 4 is 11.8 Å². The Labute approximate surface area is 165 Å². The van der Waals surface area contributed by atoms with Crippen molar-refractivity contribution < 1.29 is 19.1 Å². The molecule has 2 N–H and O–H groups in total. The Bertz CT molecular complexity index is 809. The third-order valence-corrected chi connectivity index (χ3v) is 4.89. The number of carbonyl (C=O) groups is 2. The summed E-state index contributed by atoms with van der Waals surface area (Å²) in [6, 6.07) is 15.7. The van der Waals surface area contributed by atoms with E-state index in [4.69, 9.17) is 9.47 Å². The highest BCUT2D eigenvalue weighted by atomic mass is 16.6. The van der Waals surface area contributed by atoms with Crippen molar-refractivity contribution in [2.45, 2.75) is 32.4 Å². The smallest absolute Gasteiger partial charge is 0.251 e. The van der Waals surface area contributed by atoms with Crippen LogP contribution >= 0.6 is 0 Å². The minimum atomic E-state index is -0.616. The van der Waals surface area contributed by atoms with Crippen LogP contribution in [-0.4, -0.2) is 37.1 Å². The molecule has 0 aliphatic carbocycles. The minimum absolute atomic E-state index is 0.00286. The average molecular weight is 382 g/mol. The van der Waals surface area contributed by atoms with E-state index in [9.17, 15) is 9.59 Å². The summed E-state index contributed by atoms with van der Waals surface area (Å²) in [7, 11) is 0. The first-order chi connectivity index (χ1) is 13.6. The van der Waals surface area contributed by atoms with Gasteiger partial charge in [0.1, 0.15) is 18.8 Å². The van der Waals surface area contributed by atoms with E-state index in [0.717, 1.165) is 6.42 Å². The van der Waals surface area contributed by atoms with Crippen molar-refractivity contribution in [1.82, 2.24) is 10.6 Å². The van der Waals surface area contributed by atoms with Gasteiger partial charge in [-0.25, -0.2) is 0 Å². The van der Waals surface area contributed by atoms with Crippen LogP contribution in [-0.2, 0) is 4.79 Å². The Morgan fingerprint density at radius 1 is 1.07 bits per heavy atom. The topological polar surface area (TPSA) is 76.7 Å². The lowest BCUT2D eigenvalue weighted by Crippen LogP contribution is -2.52. The highest BCUT2D eigenvalue weighted by Gasteiger charge is 2.28. The zero-order valence-corrected chi connectivity index (χ0v) is 16.2. The molecular weight excluding hydrogens is 356 g/mol. The van der Waals surface area contributed by atoms with Crippen LogP contribution < -0.4 is 20.1 Å². The second-order valence-corrected chi connectivity index (χ2v) is 6.95. The molecule has 2 amide bonds. The first-order valence-corrected chi connectivity index (χ1v) is 9.60. The van der Waals surface area contributed by atoms with Gasteiger partial charge in [0, 0.05) is 5.56 Å². The molecule has 2 aromatic carbocycles. The van der Waals surface area contributed by atoms with Crippen LogP contribution in [0.15, 0.2) is 54.6 Å². The van der Waals surface area contributed by atoms with Gasteiger partial charge >= 0.3 is 0 Å². The molecule has 0 fully saturated rings. The molecule has 0 radical (unpaired) electrons. The van der Waals surface area contributed by atoms with Gasteiger partial charge in [-0.1, -0.05) is 50.6 Å². The third kappa shape index (κ3) is 4.82. The first kappa shape index (κ1) is 19.7. The Hall–Kier alpha value is -3.02. The summed E-state index contributed by atoms with van der Waals surface area (Å²) < 4.78 is 11.5. The molecule has 0 saturated heterocycles. The summed E-state index contributed by atoms with van der Waals surface area (Å²) in [5.41, 5.74) is 0.532. The van der Waals surface area contributed by atoms with Crippen LogP contribution in [0.25, 0.3) is 0 Å². The van der Waals surface area contributed by atoms with Gasteiger partial charge in [0.15, 0.2) is 11.5 Å². The van der Waals surface area contributed by atoms with Gasteiger partial charge in [-0.05, 0) is 30.2 Å². The van der Waals surface area contributed by atoms with Gasteiger partial charge in [-0.15, -0.1) is 0 Å². The lowest BCUT2D eigenvalue weighted by molar-refractivity contribution is -0.124. The van der Waals surface area contributed by atoms with E-state index in [1.165, 1.54) is 0 Å². The van der Waals surface area contributed by atoms with Gasteiger partial charge in [-0.3, -0.25) is 9.59 Å². The second-order valence-electron chi connectivity index (χ2n) is 6.95. The van der Waals surface area contributed by atoms with Crippen molar-refractivity contribution in [3.8, 4) is 11.5 Å². The molecular formula is C22H26N2O4. The first-order valence-electron chi connectivity index (χ1n) is 9.60.